The van der Waals surface area contributed by atoms with Gasteiger partial charge in [0.15, 0.2) is 5.89 Å². The molecule has 0 aromatic carbocycles. The van der Waals surface area contributed by atoms with E-state index >= 15 is 0 Å². The summed E-state index contributed by atoms with van der Waals surface area (Å²) in [4.78, 5) is 3.98. The van der Waals surface area contributed by atoms with Gasteiger partial charge in [0.25, 0.3) is 0 Å². The quantitative estimate of drug-likeness (QED) is 0.804. The molecule has 0 amide bonds. The summed E-state index contributed by atoms with van der Waals surface area (Å²) in [5.74, 6) is 1.47. The van der Waals surface area contributed by atoms with Gasteiger partial charge in [-0.25, -0.2) is 4.98 Å². The molecule has 68 valence electrons. The fourth-order valence-electron chi connectivity index (χ4n) is 0.900. The molecule has 0 bridgehead atoms. The lowest BCUT2D eigenvalue weighted by Gasteiger charge is -1.95. The Morgan fingerprint density at radius 2 is 2.54 bits per heavy atom. The van der Waals surface area contributed by atoms with Crippen LogP contribution in [0.15, 0.2) is 16.1 Å². The molecule has 13 heavy (non-hydrogen) atoms. The second-order valence-electron chi connectivity index (χ2n) is 2.44. The predicted molar refractivity (Wildman–Crippen MR) is 48.5 cm³/mol. The molecular weight excluding hydrogens is 188 g/mol. The Bertz CT molecular complexity index is 370. The number of hydrogen-bond donors (Lipinski definition) is 1. The molecule has 2 heterocycles. The minimum absolute atomic E-state index is 0.593. The Morgan fingerprint density at radius 3 is 3.15 bits per heavy atom. The van der Waals surface area contributed by atoms with Crippen LogP contribution in [0.25, 0.3) is 0 Å². The van der Waals surface area contributed by atoms with Crippen molar-refractivity contribution in [3.05, 3.63) is 23.4 Å². The van der Waals surface area contributed by atoms with Crippen molar-refractivity contribution >= 4 is 16.5 Å². The van der Waals surface area contributed by atoms with Crippen LogP contribution in [0.5, 0.6) is 0 Å². The van der Waals surface area contributed by atoms with Crippen LogP contribution in [0.4, 0.5) is 5.13 Å². The van der Waals surface area contributed by atoms with Crippen LogP contribution < -0.4 is 5.32 Å². The molecule has 1 N–H and O–H groups in total. The van der Waals surface area contributed by atoms with E-state index in [2.05, 4.69) is 20.5 Å². The van der Waals surface area contributed by atoms with E-state index in [1.165, 1.54) is 11.3 Å². The highest BCUT2D eigenvalue weighted by Gasteiger charge is 2.00. The van der Waals surface area contributed by atoms with Gasteiger partial charge in [-0.3, -0.25) is 0 Å². The Hall–Kier alpha value is -1.43. The molecule has 5 nitrogen and oxygen atoms in total. The number of hydrogen-bond acceptors (Lipinski definition) is 6. The van der Waals surface area contributed by atoms with Crippen LogP contribution in [0.1, 0.15) is 11.7 Å². The standard InChI is InChI=1S/C7H8N4OS/c1-5-8-2-6(12-5)3-9-7-11-10-4-13-7/h2,4H,3H2,1H3,(H,9,11). The van der Waals surface area contributed by atoms with Gasteiger partial charge < -0.3 is 9.73 Å². The molecule has 0 atom stereocenters. The smallest absolute Gasteiger partial charge is 0.205 e. The monoisotopic (exact) mass is 196 g/mol. The summed E-state index contributed by atoms with van der Waals surface area (Å²) in [6.45, 7) is 2.41. The third-order valence-corrected chi connectivity index (χ3v) is 2.09. The van der Waals surface area contributed by atoms with Gasteiger partial charge in [-0.1, -0.05) is 11.3 Å². The number of aromatic nitrogens is 3. The lowest BCUT2D eigenvalue weighted by atomic mass is 10.5. The molecular formula is C7H8N4OS. The maximum Gasteiger partial charge on any atom is 0.205 e. The van der Waals surface area contributed by atoms with Crippen molar-refractivity contribution < 1.29 is 4.42 Å². The Kier molecular flexibility index (Phi) is 2.22. The Morgan fingerprint density at radius 1 is 1.62 bits per heavy atom. The van der Waals surface area contributed by atoms with Crippen LogP contribution in [0, 0.1) is 6.92 Å². The predicted octanol–water partition coefficient (Wildman–Crippen LogP) is 1.45. The molecule has 2 aromatic heterocycles. The van der Waals surface area contributed by atoms with Gasteiger partial charge in [0.05, 0.1) is 12.7 Å². The minimum atomic E-state index is 0.593. The van der Waals surface area contributed by atoms with Gasteiger partial charge in [0.2, 0.25) is 5.13 Å². The summed E-state index contributed by atoms with van der Waals surface area (Å²) >= 11 is 1.45. The summed E-state index contributed by atoms with van der Waals surface area (Å²) in [6, 6.07) is 0. The third-order valence-electron chi connectivity index (χ3n) is 1.44. The zero-order chi connectivity index (χ0) is 9.10. The van der Waals surface area contributed by atoms with Crippen molar-refractivity contribution in [2.75, 3.05) is 5.32 Å². The van der Waals surface area contributed by atoms with Gasteiger partial charge in [0.1, 0.15) is 11.3 Å². The van der Waals surface area contributed by atoms with Crippen LogP contribution >= 0.6 is 11.3 Å². The summed E-state index contributed by atoms with van der Waals surface area (Å²) in [5.41, 5.74) is 1.67. The molecule has 2 aromatic rings. The summed E-state index contributed by atoms with van der Waals surface area (Å²) in [6.07, 6.45) is 1.70. The first-order valence-electron chi connectivity index (χ1n) is 3.76. The summed E-state index contributed by atoms with van der Waals surface area (Å²) in [7, 11) is 0. The zero-order valence-corrected chi connectivity index (χ0v) is 7.84. The van der Waals surface area contributed by atoms with Crippen molar-refractivity contribution in [2.45, 2.75) is 13.5 Å². The molecule has 0 spiro atoms. The molecule has 0 saturated heterocycles. The summed E-state index contributed by atoms with van der Waals surface area (Å²) in [5, 5.41) is 11.4. The molecule has 0 aliphatic carbocycles. The second-order valence-corrected chi connectivity index (χ2v) is 3.28. The molecule has 0 unspecified atom stereocenters. The van der Waals surface area contributed by atoms with Gasteiger partial charge in [-0.05, 0) is 0 Å². The average molecular weight is 196 g/mol. The SMILES string of the molecule is Cc1ncc(CNc2nncs2)o1. The Labute approximate surface area is 78.8 Å². The minimum Gasteiger partial charge on any atom is -0.444 e. The highest BCUT2D eigenvalue weighted by atomic mass is 32.1. The van der Waals surface area contributed by atoms with Gasteiger partial charge >= 0.3 is 0 Å². The Balaban J connectivity index is 1.93. The molecule has 2 rings (SSSR count). The highest BCUT2D eigenvalue weighted by molar-refractivity contribution is 7.13. The van der Waals surface area contributed by atoms with Crippen molar-refractivity contribution in [3.8, 4) is 0 Å². The number of nitrogens with zero attached hydrogens (tertiary/aromatic N) is 3. The van der Waals surface area contributed by atoms with Crippen LogP contribution in [0.2, 0.25) is 0 Å². The first-order chi connectivity index (χ1) is 6.34. The largest absolute Gasteiger partial charge is 0.444 e. The van der Waals surface area contributed by atoms with Crippen LogP contribution in [0.3, 0.4) is 0 Å². The lowest BCUT2D eigenvalue weighted by Crippen LogP contribution is -1.97. The van der Waals surface area contributed by atoms with E-state index in [0.29, 0.717) is 12.4 Å². The van der Waals surface area contributed by atoms with Crippen molar-refractivity contribution in [3.63, 3.8) is 0 Å². The number of aryl methyl sites for hydroxylation is 1. The fourth-order valence-corrected chi connectivity index (χ4v) is 1.34. The number of rotatable bonds is 3. The molecule has 0 fully saturated rings. The molecule has 0 aliphatic heterocycles. The fraction of sp³-hybridized carbons (Fsp3) is 0.286. The average Bonchev–Trinajstić information content (AvgIpc) is 2.71. The highest BCUT2D eigenvalue weighted by Crippen LogP contribution is 2.10. The van der Waals surface area contributed by atoms with Crippen LogP contribution in [-0.2, 0) is 6.54 Å². The molecule has 0 aliphatic rings. The molecule has 0 saturated carbocycles. The third kappa shape index (κ3) is 2.03. The first-order valence-corrected chi connectivity index (χ1v) is 4.64. The van der Waals surface area contributed by atoms with E-state index in [1.807, 2.05) is 6.92 Å². The maximum atomic E-state index is 5.26. The van der Waals surface area contributed by atoms with Gasteiger partial charge in [0, 0.05) is 6.92 Å². The zero-order valence-electron chi connectivity index (χ0n) is 7.02. The maximum absolute atomic E-state index is 5.26. The number of anilines is 1. The molecule has 0 radical (unpaired) electrons. The van der Waals surface area contributed by atoms with E-state index in [-0.39, 0.29) is 0 Å². The van der Waals surface area contributed by atoms with Crippen molar-refractivity contribution in [1.29, 1.82) is 0 Å². The van der Waals surface area contributed by atoms with Crippen molar-refractivity contribution in [2.24, 2.45) is 0 Å². The lowest BCUT2D eigenvalue weighted by molar-refractivity contribution is 0.481. The van der Waals surface area contributed by atoms with E-state index < -0.39 is 0 Å². The van der Waals surface area contributed by atoms with E-state index in [1.54, 1.807) is 11.7 Å². The van der Waals surface area contributed by atoms with E-state index in [9.17, 15) is 0 Å². The normalized spacial score (nSPS) is 10.2. The number of oxazole rings is 1. The van der Waals surface area contributed by atoms with Gasteiger partial charge in [-0.15, -0.1) is 10.2 Å². The van der Waals surface area contributed by atoms with Gasteiger partial charge in [-0.2, -0.15) is 0 Å². The van der Waals surface area contributed by atoms with E-state index in [4.69, 9.17) is 4.42 Å². The first kappa shape index (κ1) is 8.18. The van der Waals surface area contributed by atoms with E-state index in [0.717, 1.165) is 10.9 Å². The second kappa shape index (κ2) is 3.53. The molecule has 6 heteroatoms. The van der Waals surface area contributed by atoms with Crippen LogP contribution in [-0.4, -0.2) is 15.2 Å². The number of nitrogens with one attached hydrogen (secondary N) is 1. The van der Waals surface area contributed by atoms with Crippen molar-refractivity contribution in [1.82, 2.24) is 15.2 Å². The summed E-state index contributed by atoms with van der Waals surface area (Å²) < 4.78 is 5.26. The topological polar surface area (TPSA) is 63.8 Å².